The summed E-state index contributed by atoms with van der Waals surface area (Å²) in [6.45, 7) is 0. The molecular formula is C26H22N2O3. The molecule has 4 rings (SSSR count). The van der Waals surface area contributed by atoms with Crippen LogP contribution >= 0.6 is 0 Å². The van der Waals surface area contributed by atoms with Gasteiger partial charge in [0.25, 0.3) is 0 Å². The molecule has 0 atom stereocenters. The molecule has 0 bridgehead atoms. The molecule has 0 radical (unpaired) electrons. The fourth-order valence-corrected chi connectivity index (χ4v) is 3.33. The van der Waals surface area contributed by atoms with Crippen molar-refractivity contribution in [1.29, 1.82) is 0 Å². The molecule has 0 saturated heterocycles. The Morgan fingerprint density at radius 2 is 1.35 bits per heavy atom. The van der Waals surface area contributed by atoms with Gasteiger partial charge in [0.05, 0.1) is 24.9 Å². The molecule has 0 aliphatic rings. The monoisotopic (exact) mass is 410 g/mol. The van der Waals surface area contributed by atoms with E-state index in [0.29, 0.717) is 23.1 Å². The summed E-state index contributed by atoms with van der Waals surface area (Å²) in [7, 11) is 1.59. The molecule has 0 fully saturated rings. The van der Waals surface area contributed by atoms with E-state index >= 15 is 0 Å². The highest BCUT2D eigenvalue weighted by atomic mass is 16.5. The molecule has 31 heavy (non-hydrogen) atoms. The number of carbonyl (C=O) groups excluding carboxylic acids is 1. The third-order valence-electron chi connectivity index (χ3n) is 4.82. The lowest BCUT2D eigenvalue weighted by Crippen LogP contribution is -2.22. The Hall–Kier alpha value is -4.12. The van der Waals surface area contributed by atoms with Gasteiger partial charge in [-0.3, -0.25) is 4.79 Å². The SMILES string of the molecule is COc1ccccc1Oc1ccc(NC(=O)C(c2ccccc2)c2ccccc2)cn1. The summed E-state index contributed by atoms with van der Waals surface area (Å²) in [5, 5.41) is 2.97. The molecule has 0 spiro atoms. The van der Waals surface area contributed by atoms with Crippen molar-refractivity contribution in [2.45, 2.75) is 5.92 Å². The van der Waals surface area contributed by atoms with E-state index in [-0.39, 0.29) is 5.91 Å². The van der Waals surface area contributed by atoms with E-state index in [0.717, 1.165) is 11.1 Å². The zero-order valence-electron chi connectivity index (χ0n) is 17.1. The van der Waals surface area contributed by atoms with E-state index in [2.05, 4.69) is 10.3 Å². The molecule has 0 saturated carbocycles. The van der Waals surface area contributed by atoms with Gasteiger partial charge in [-0.15, -0.1) is 0 Å². The van der Waals surface area contributed by atoms with Gasteiger partial charge in [0.1, 0.15) is 0 Å². The first-order valence-electron chi connectivity index (χ1n) is 9.92. The van der Waals surface area contributed by atoms with Crippen LogP contribution in [-0.4, -0.2) is 18.0 Å². The first-order chi connectivity index (χ1) is 15.2. The molecule has 0 aliphatic carbocycles. The van der Waals surface area contributed by atoms with Gasteiger partial charge in [0.15, 0.2) is 11.5 Å². The van der Waals surface area contributed by atoms with Crippen LogP contribution in [0, 0.1) is 0 Å². The number of nitrogens with one attached hydrogen (secondary N) is 1. The molecule has 1 amide bonds. The average Bonchev–Trinajstić information content (AvgIpc) is 2.82. The highest BCUT2D eigenvalue weighted by Crippen LogP contribution is 2.30. The van der Waals surface area contributed by atoms with Gasteiger partial charge in [0, 0.05) is 6.07 Å². The van der Waals surface area contributed by atoms with E-state index in [4.69, 9.17) is 9.47 Å². The maximum absolute atomic E-state index is 13.2. The molecule has 1 N–H and O–H groups in total. The summed E-state index contributed by atoms with van der Waals surface area (Å²) in [4.78, 5) is 17.5. The van der Waals surface area contributed by atoms with Crippen molar-refractivity contribution in [3.63, 3.8) is 0 Å². The fourth-order valence-electron chi connectivity index (χ4n) is 3.33. The minimum atomic E-state index is -0.424. The topological polar surface area (TPSA) is 60.5 Å². The highest BCUT2D eigenvalue weighted by Gasteiger charge is 2.22. The smallest absolute Gasteiger partial charge is 0.236 e. The number of ether oxygens (including phenoxy) is 2. The highest BCUT2D eigenvalue weighted by molar-refractivity contribution is 5.98. The summed E-state index contributed by atoms with van der Waals surface area (Å²) in [5.74, 6) is 1.05. The van der Waals surface area contributed by atoms with Crippen molar-refractivity contribution < 1.29 is 14.3 Å². The maximum Gasteiger partial charge on any atom is 0.236 e. The number of benzene rings is 3. The number of carbonyl (C=O) groups is 1. The van der Waals surface area contributed by atoms with Crippen LogP contribution in [0.25, 0.3) is 0 Å². The number of methoxy groups -OCH3 is 1. The molecule has 1 heterocycles. The van der Waals surface area contributed by atoms with Crippen LogP contribution in [0.3, 0.4) is 0 Å². The second kappa shape index (κ2) is 9.59. The summed E-state index contributed by atoms with van der Waals surface area (Å²) in [6, 6.07) is 30.3. The van der Waals surface area contributed by atoms with Crippen LogP contribution in [0.1, 0.15) is 17.0 Å². The largest absolute Gasteiger partial charge is 0.493 e. The molecule has 4 aromatic rings. The van der Waals surface area contributed by atoms with E-state index in [9.17, 15) is 4.79 Å². The van der Waals surface area contributed by atoms with Crippen molar-refractivity contribution in [3.8, 4) is 17.4 Å². The Labute approximate surface area is 181 Å². The van der Waals surface area contributed by atoms with Crippen molar-refractivity contribution in [1.82, 2.24) is 4.98 Å². The lowest BCUT2D eigenvalue weighted by Gasteiger charge is -2.18. The molecule has 1 aromatic heterocycles. The number of aromatic nitrogens is 1. The predicted molar refractivity (Wildman–Crippen MR) is 121 cm³/mol. The van der Waals surface area contributed by atoms with Gasteiger partial charge in [-0.05, 0) is 29.3 Å². The second-order valence-electron chi connectivity index (χ2n) is 6.88. The zero-order chi connectivity index (χ0) is 21.5. The lowest BCUT2D eigenvalue weighted by atomic mass is 9.90. The average molecular weight is 410 g/mol. The number of hydrogen-bond acceptors (Lipinski definition) is 4. The first kappa shape index (κ1) is 20.2. The van der Waals surface area contributed by atoms with Gasteiger partial charge in [-0.25, -0.2) is 4.98 Å². The zero-order valence-corrected chi connectivity index (χ0v) is 17.1. The van der Waals surface area contributed by atoms with Crippen molar-refractivity contribution >= 4 is 11.6 Å². The number of pyridine rings is 1. The number of anilines is 1. The van der Waals surface area contributed by atoms with Crippen molar-refractivity contribution in [3.05, 3.63) is 114 Å². The molecule has 154 valence electrons. The number of para-hydroxylation sites is 2. The van der Waals surface area contributed by atoms with Crippen molar-refractivity contribution in [2.24, 2.45) is 0 Å². The van der Waals surface area contributed by atoms with E-state index < -0.39 is 5.92 Å². The predicted octanol–water partition coefficient (Wildman–Crippen LogP) is 5.65. The van der Waals surface area contributed by atoms with Crippen LogP contribution in [-0.2, 0) is 4.79 Å². The summed E-state index contributed by atoms with van der Waals surface area (Å²) < 4.78 is 11.1. The molecule has 0 aliphatic heterocycles. The van der Waals surface area contributed by atoms with Gasteiger partial charge in [-0.2, -0.15) is 0 Å². The van der Waals surface area contributed by atoms with Gasteiger partial charge >= 0.3 is 0 Å². The molecule has 5 nitrogen and oxygen atoms in total. The van der Waals surface area contributed by atoms with Gasteiger partial charge < -0.3 is 14.8 Å². The number of nitrogens with zero attached hydrogens (tertiary/aromatic N) is 1. The minimum absolute atomic E-state index is 0.127. The van der Waals surface area contributed by atoms with Crippen LogP contribution in [0.5, 0.6) is 17.4 Å². The van der Waals surface area contributed by atoms with Crippen LogP contribution < -0.4 is 14.8 Å². The van der Waals surface area contributed by atoms with Gasteiger partial charge in [-0.1, -0.05) is 72.8 Å². The standard InChI is InChI=1S/C26H22N2O3/c1-30-22-14-8-9-15-23(22)31-24-17-16-21(18-27-24)28-26(29)25(19-10-4-2-5-11-19)20-12-6-3-7-13-20/h2-18,25H,1H3,(H,28,29). The van der Waals surface area contributed by atoms with E-state index in [1.165, 1.54) is 0 Å². The van der Waals surface area contributed by atoms with Crippen LogP contribution in [0.4, 0.5) is 5.69 Å². The Morgan fingerprint density at radius 1 is 0.774 bits per heavy atom. The summed E-state index contributed by atoms with van der Waals surface area (Å²) in [6.07, 6.45) is 1.58. The summed E-state index contributed by atoms with van der Waals surface area (Å²) >= 11 is 0. The van der Waals surface area contributed by atoms with E-state index in [1.807, 2.05) is 78.9 Å². The number of rotatable bonds is 7. The third kappa shape index (κ3) is 4.90. The molecule has 5 heteroatoms. The first-order valence-corrected chi connectivity index (χ1v) is 9.92. The molecule has 0 unspecified atom stereocenters. The normalized spacial score (nSPS) is 10.5. The summed E-state index contributed by atoms with van der Waals surface area (Å²) in [5.41, 5.74) is 2.44. The maximum atomic E-state index is 13.2. The van der Waals surface area contributed by atoms with Crippen LogP contribution in [0.15, 0.2) is 103 Å². The second-order valence-corrected chi connectivity index (χ2v) is 6.88. The lowest BCUT2D eigenvalue weighted by molar-refractivity contribution is -0.116. The number of amides is 1. The fraction of sp³-hybridized carbons (Fsp3) is 0.0769. The Morgan fingerprint density at radius 3 is 1.90 bits per heavy atom. The van der Waals surface area contributed by atoms with Gasteiger partial charge in [0.2, 0.25) is 11.8 Å². The van der Waals surface area contributed by atoms with Crippen LogP contribution in [0.2, 0.25) is 0 Å². The minimum Gasteiger partial charge on any atom is -0.493 e. The Kier molecular flexibility index (Phi) is 6.24. The van der Waals surface area contributed by atoms with E-state index in [1.54, 1.807) is 31.5 Å². The Bertz CT molecular complexity index is 1090. The number of hydrogen-bond donors (Lipinski definition) is 1. The Balaban J connectivity index is 1.52. The third-order valence-corrected chi connectivity index (χ3v) is 4.82. The molecular weight excluding hydrogens is 388 g/mol. The molecule has 3 aromatic carbocycles. The van der Waals surface area contributed by atoms with Crippen molar-refractivity contribution in [2.75, 3.05) is 12.4 Å². The quantitative estimate of drug-likeness (QED) is 0.427.